The molecule has 0 aromatic carbocycles. The molecule has 3 heterocycles. The van der Waals surface area contributed by atoms with Crippen molar-refractivity contribution in [2.75, 3.05) is 26.2 Å². The van der Waals surface area contributed by atoms with E-state index in [-0.39, 0.29) is 18.0 Å². The molecule has 0 radical (unpaired) electrons. The molecule has 3 rings (SSSR count). The highest BCUT2D eigenvalue weighted by molar-refractivity contribution is 7.16. The van der Waals surface area contributed by atoms with Crippen molar-refractivity contribution in [1.82, 2.24) is 15.1 Å². The molecule has 7 heteroatoms. The summed E-state index contributed by atoms with van der Waals surface area (Å²) in [6.07, 6.45) is 3.19. The van der Waals surface area contributed by atoms with E-state index in [4.69, 9.17) is 11.6 Å². The molecular weight excluding hydrogens is 322 g/mol. The quantitative estimate of drug-likeness (QED) is 0.914. The Kier molecular flexibility index (Phi) is 4.88. The van der Waals surface area contributed by atoms with Gasteiger partial charge in [-0.2, -0.15) is 0 Å². The largest absolute Gasteiger partial charge is 0.341 e. The summed E-state index contributed by atoms with van der Waals surface area (Å²) in [6.45, 7) is 2.93. The fraction of sp³-hybridized carbons (Fsp3) is 0.600. The van der Waals surface area contributed by atoms with Gasteiger partial charge in [-0.25, -0.2) is 4.79 Å². The van der Waals surface area contributed by atoms with Crippen LogP contribution in [-0.2, 0) is 11.2 Å². The maximum absolute atomic E-state index is 12.4. The Morgan fingerprint density at radius 2 is 2.27 bits per heavy atom. The van der Waals surface area contributed by atoms with Crippen LogP contribution in [-0.4, -0.2) is 54.0 Å². The Labute approximate surface area is 139 Å². The van der Waals surface area contributed by atoms with E-state index in [0.29, 0.717) is 19.5 Å². The number of hydrogen-bond acceptors (Lipinski definition) is 3. The standard InChI is InChI=1S/C15H20ClN3O2S/c16-13-5-3-12(22-13)4-6-14(20)18-8-1-2-11(10-18)19-9-7-17-15(19)21/h3,5,11H,1-2,4,6-10H2,(H,17,21)/t11-/m1/s1. The number of nitrogens with one attached hydrogen (secondary N) is 1. The lowest BCUT2D eigenvalue weighted by atomic mass is 10.0. The van der Waals surface area contributed by atoms with Crippen molar-refractivity contribution >= 4 is 34.9 Å². The monoisotopic (exact) mass is 341 g/mol. The van der Waals surface area contributed by atoms with E-state index >= 15 is 0 Å². The number of likely N-dealkylation sites (tertiary alicyclic amines) is 1. The van der Waals surface area contributed by atoms with Gasteiger partial charge in [0.1, 0.15) is 0 Å². The Bertz CT molecular complexity index is 563. The van der Waals surface area contributed by atoms with Crippen molar-refractivity contribution in [2.45, 2.75) is 31.7 Å². The van der Waals surface area contributed by atoms with Gasteiger partial charge < -0.3 is 15.1 Å². The van der Waals surface area contributed by atoms with E-state index < -0.39 is 0 Å². The number of urea groups is 1. The molecule has 1 aromatic rings. The van der Waals surface area contributed by atoms with Crippen LogP contribution < -0.4 is 5.32 Å². The van der Waals surface area contributed by atoms with E-state index in [1.54, 1.807) is 0 Å². The van der Waals surface area contributed by atoms with Gasteiger partial charge in [0.05, 0.1) is 10.4 Å². The van der Waals surface area contributed by atoms with Gasteiger partial charge in [-0.05, 0) is 31.4 Å². The Morgan fingerprint density at radius 1 is 1.41 bits per heavy atom. The lowest BCUT2D eigenvalue weighted by Gasteiger charge is -2.37. The van der Waals surface area contributed by atoms with Gasteiger partial charge in [-0.3, -0.25) is 4.79 Å². The summed E-state index contributed by atoms with van der Waals surface area (Å²) in [5, 5.41) is 2.83. The summed E-state index contributed by atoms with van der Waals surface area (Å²) in [4.78, 5) is 29.1. The third kappa shape index (κ3) is 3.55. The second kappa shape index (κ2) is 6.87. The van der Waals surface area contributed by atoms with E-state index in [0.717, 1.165) is 41.6 Å². The summed E-state index contributed by atoms with van der Waals surface area (Å²) in [5.41, 5.74) is 0. The topological polar surface area (TPSA) is 52.7 Å². The number of rotatable bonds is 4. The zero-order valence-corrected chi connectivity index (χ0v) is 14.0. The fourth-order valence-electron chi connectivity index (χ4n) is 3.14. The number of hydrogen-bond donors (Lipinski definition) is 1. The Morgan fingerprint density at radius 3 is 2.95 bits per heavy atom. The molecule has 1 atom stereocenters. The van der Waals surface area contributed by atoms with Gasteiger partial charge in [0.25, 0.3) is 0 Å². The average molecular weight is 342 g/mol. The van der Waals surface area contributed by atoms with Crippen LogP contribution in [0.3, 0.4) is 0 Å². The van der Waals surface area contributed by atoms with Crippen LogP contribution in [0.5, 0.6) is 0 Å². The van der Waals surface area contributed by atoms with Crippen LogP contribution in [0.4, 0.5) is 4.79 Å². The van der Waals surface area contributed by atoms with E-state index in [1.807, 2.05) is 21.9 Å². The number of carbonyl (C=O) groups excluding carboxylic acids is 2. The SMILES string of the molecule is O=C(CCc1ccc(Cl)s1)N1CCC[C@@H](N2CCNC2=O)C1. The Balaban J connectivity index is 1.52. The van der Waals surface area contributed by atoms with Crippen molar-refractivity contribution < 1.29 is 9.59 Å². The summed E-state index contributed by atoms with van der Waals surface area (Å²) < 4.78 is 0.764. The van der Waals surface area contributed by atoms with Gasteiger partial charge in [-0.15, -0.1) is 11.3 Å². The summed E-state index contributed by atoms with van der Waals surface area (Å²) in [5.74, 6) is 0.175. The molecule has 5 nitrogen and oxygen atoms in total. The number of piperidine rings is 1. The second-order valence-electron chi connectivity index (χ2n) is 5.77. The van der Waals surface area contributed by atoms with Crippen LogP contribution in [0.15, 0.2) is 12.1 Å². The second-order valence-corrected chi connectivity index (χ2v) is 7.57. The van der Waals surface area contributed by atoms with E-state index in [1.165, 1.54) is 11.3 Å². The van der Waals surface area contributed by atoms with Crippen LogP contribution in [0.1, 0.15) is 24.1 Å². The van der Waals surface area contributed by atoms with E-state index in [2.05, 4.69) is 5.32 Å². The van der Waals surface area contributed by atoms with Crippen molar-refractivity contribution in [2.24, 2.45) is 0 Å². The highest BCUT2D eigenvalue weighted by Gasteiger charge is 2.32. The molecule has 2 fully saturated rings. The van der Waals surface area contributed by atoms with Crippen molar-refractivity contribution in [3.05, 3.63) is 21.3 Å². The predicted octanol–water partition coefficient (Wildman–Crippen LogP) is 2.35. The number of nitrogens with zero attached hydrogens (tertiary/aromatic N) is 2. The number of halogens is 1. The van der Waals surface area contributed by atoms with Crippen molar-refractivity contribution in [3.8, 4) is 0 Å². The molecule has 0 saturated carbocycles. The molecule has 2 aliphatic rings. The van der Waals surface area contributed by atoms with Crippen LogP contribution >= 0.6 is 22.9 Å². The van der Waals surface area contributed by atoms with Gasteiger partial charge in [0.2, 0.25) is 5.91 Å². The van der Waals surface area contributed by atoms with Gasteiger partial charge in [0, 0.05) is 37.5 Å². The lowest BCUT2D eigenvalue weighted by Crippen LogP contribution is -2.50. The molecule has 0 bridgehead atoms. The normalized spacial score (nSPS) is 22.0. The molecule has 2 aliphatic heterocycles. The molecule has 2 saturated heterocycles. The maximum atomic E-state index is 12.4. The van der Waals surface area contributed by atoms with E-state index in [9.17, 15) is 9.59 Å². The zero-order chi connectivity index (χ0) is 15.5. The third-order valence-electron chi connectivity index (χ3n) is 4.29. The van der Waals surface area contributed by atoms with Crippen LogP contribution in [0.2, 0.25) is 4.34 Å². The summed E-state index contributed by atoms with van der Waals surface area (Å²) >= 11 is 7.44. The highest BCUT2D eigenvalue weighted by atomic mass is 35.5. The zero-order valence-electron chi connectivity index (χ0n) is 12.4. The average Bonchev–Trinajstić information content (AvgIpc) is 3.13. The molecule has 1 aromatic heterocycles. The molecule has 0 aliphatic carbocycles. The number of aryl methyl sites for hydroxylation is 1. The van der Waals surface area contributed by atoms with Crippen molar-refractivity contribution in [1.29, 1.82) is 0 Å². The van der Waals surface area contributed by atoms with Gasteiger partial charge in [-0.1, -0.05) is 11.6 Å². The summed E-state index contributed by atoms with van der Waals surface area (Å²) in [7, 11) is 0. The van der Waals surface area contributed by atoms with Gasteiger partial charge >= 0.3 is 6.03 Å². The minimum atomic E-state index is 0.00697. The minimum Gasteiger partial charge on any atom is -0.341 e. The molecule has 1 N–H and O–H groups in total. The fourth-order valence-corrected chi connectivity index (χ4v) is 4.23. The molecule has 120 valence electrons. The number of amides is 3. The maximum Gasteiger partial charge on any atom is 0.317 e. The number of carbonyl (C=O) groups is 2. The highest BCUT2D eigenvalue weighted by Crippen LogP contribution is 2.23. The third-order valence-corrected chi connectivity index (χ3v) is 5.58. The molecular formula is C15H20ClN3O2S. The first-order valence-corrected chi connectivity index (χ1v) is 8.89. The molecule has 0 spiro atoms. The Hall–Kier alpha value is -1.27. The lowest BCUT2D eigenvalue weighted by molar-refractivity contribution is -0.133. The first kappa shape index (κ1) is 15.6. The first-order valence-electron chi connectivity index (χ1n) is 7.70. The predicted molar refractivity (Wildman–Crippen MR) is 87.4 cm³/mol. The first-order chi connectivity index (χ1) is 10.6. The van der Waals surface area contributed by atoms with Crippen LogP contribution in [0.25, 0.3) is 0 Å². The molecule has 0 unspecified atom stereocenters. The van der Waals surface area contributed by atoms with Crippen molar-refractivity contribution in [3.63, 3.8) is 0 Å². The number of thiophene rings is 1. The smallest absolute Gasteiger partial charge is 0.317 e. The minimum absolute atomic E-state index is 0.00697. The van der Waals surface area contributed by atoms with Gasteiger partial charge in [0.15, 0.2) is 0 Å². The van der Waals surface area contributed by atoms with Crippen LogP contribution in [0, 0.1) is 0 Å². The molecule has 3 amide bonds. The molecule has 22 heavy (non-hydrogen) atoms. The summed E-state index contributed by atoms with van der Waals surface area (Å²) in [6, 6.07) is 4.02.